The molecule has 0 aliphatic carbocycles. The first-order valence-electron chi connectivity index (χ1n) is 7.33. The maximum Gasteiger partial charge on any atom is 0.387 e. The van der Waals surface area contributed by atoms with Crippen molar-refractivity contribution in [1.29, 1.82) is 0 Å². The molecule has 1 aliphatic rings. The summed E-state index contributed by atoms with van der Waals surface area (Å²) in [5.41, 5.74) is 0.785. The second-order valence-corrected chi connectivity index (χ2v) is 5.08. The van der Waals surface area contributed by atoms with Crippen molar-refractivity contribution in [2.75, 3.05) is 19.6 Å². The fraction of sp³-hybridized carbons (Fsp3) is 0.533. The summed E-state index contributed by atoms with van der Waals surface area (Å²) < 4.78 is 28.8. The van der Waals surface area contributed by atoms with Gasteiger partial charge in [-0.25, -0.2) is 4.99 Å². The van der Waals surface area contributed by atoms with Crippen LogP contribution >= 0.6 is 24.0 Å². The fourth-order valence-corrected chi connectivity index (χ4v) is 2.35. The van der Waals surface area contributed by atoms with Gasteiger partial charge < -0.3 is 20.1 Å². The van der Waals surface area contributed by atoms with Crippen molar-refractivity contribution in [3.05, 3.63) is 29.8 Å². The molecule has 1 aromatic rings. The number of hydrogen-bond acceptors (Lipinski definition) is 3. The number of ether oxygens (including phenoxy) is 1. The lowest BCUT2D eigenvalue weighted by atomic mass is 10.2. The summed E-state index contributed by atoms with van der Waals surface area (Å²) in [4.78, 5) is 6.49. The van der Waals surface area contributed by atoms with Crippen LogP contribution in [0.3, 0.4) is 0 Å². The van der Waals surface area contributed by atoms with Gasteiger partial charge in [-0.05, 0) is 31.0 Å². The molecule has 1 saturated heterocycles. The fourth-order valence-electron chi connectivity index (χ4n) is 2.35. The Bertz CT molecular complexity index is 517. The summed E-state index contributed by atoms with van der Waals surface area (Å²) >= 11 is 0. The molecule has 1 aliphatic heterocycles. The minimum Gasteiger partial charge on any atom is -0.435 e. The smallest absolute Gasteiger partial charge is 0.387 e. The van der Waals surface area contributed by atoms with E-state index in [9.17, 15) is 13.9 Å². The number of benzene rings is 1. The van der Waals surface area contributed by atoms with E-state index in [1.165, 1.54) is 6.07 Å². The number of rotatable bonds is 5. The molecule has 0 spiro atoms. The maximum atomic E-state index is 12.2. The molecule has 23 heavy (non-hydrogen) atoms. The molecule has 0 amide bonds. The first-order chi connectivity index (χ1) is 10.6. The van der Waals surface area contributed by atoms with Gasteiger partial charge in [-0.1, -0.05) is 12.1 Å². The van der Waals surface area contributed by atoms with Crippen LogP contribution in [0.1, 0.15) is 18.9 Å². The van der Waals surface area contributed by atoms with Gasteiger partial charge in [0.1, 0.15) is 5.75 Å². The third kappa shape index (κ3) is 6.46. The van der Waals surface area contributed by atoms with Crippen LogP contribution in [0.5, 0.6) is 5.75 Å². The lowest BCUT2D eigenvalue weighted by Gasteiger charge is -2.21. The van der Waals surface area contributed by atoms with E-state index in [0.717, 1.165) is 31.0 Å². The number of likely N-dealkylation sites (tertiary alicyclic amines) is 1. The van der Waals surface area contributed by atoms with Crippen molar-refractivity contribution in [1.82, 2.24) is 10.2 Å². The number of alkyl halides is 2. The van der Waals surface area contributed by atoms with Gasteiger partial charge in [0.25, 0.3) is 0 Å². The summed E-state index contributed by atoms with van der Waals surface area (Å²) in [6.07, 6.45) is 0.397. The van der Waals surface area contributed by atoms with Crippen LogP contribution in [0.15, 0.2) is 29.3 Å². The monoisotopic (exact) mass is 441 g/mol. The van der Waals surface area contributed by atoms with E-state index in [2.05, 4.69) is 15.0 Å². The van der Waals surface area contributed by atoms with Crippen LogP contribution in [0.2, 0.25) is 0 Å². The highest BCUT2D eigenvalue weighted by atomic mass is 127. The highest BCUT2D eigenvalue weighted by Crippen LogP contribution is 2.17. The third-order valence-electron chi connectivity index (χ3n) is 3.33. The Morgan fingerprint density at radius 2 is 2.30 bits per heavy atom. The number of nitrogens with zero attached hydrogens (tertiary/aromatic N) is 2. The summed E-state index contributed by atoms with van der Waals surface area (Å²) in [6, 6.07) is 6.51. The molecule has 130 valence electrons. The second kappa shape index (κ2) is 9.86. The van der Waals surface area contributed by atoms with Crippen LogP contribution in [0.4, 0.5) is 8.78 Å². The Hall–Kier alpha value is -1.16. The second-order valence-electron chi connectivity index (χ2n) is 5.08. The van der Waals surface area contributed by atoms with E-state index < -0.39 is 6.61 Å². The first kappa shape index (κ1) is 19.9. The Labute approximate surface area is 151 Å². The molecule has 0 radical (unpaired) electrons. The molecule has 1 aromatic carbocycles. The topological polar surface area (TPSA) is 57.1 Å². The Kier molecular flexibility index (Phi) is 8.53. The molecular weight excluding hydrogens is 419 g/mol. The average molecular weight is 441 g/mol. The molecular formula is C15H22F2IN3O2. The zero-order valence-corrected chi connectivity index (χ0v) is 15.2. The molecule has 5 nitrogen and oxygen atoms in total. The maximum absolute atomic E-state index is 12.2. The lowest BCUT2D eigenvalue weighted by molar-refractivity contribution is -0.0498. The number of halogens is 3. The number of guanidine groups is 1. The Morgan fingerprint density at radius 1 is 1.52 bits per heavy atom. The molecule has 0 aromatic heterocycles. The number of nitrogens with one attached hydrogen (secondary N) is 1. The molecule has 2 N–H and O–H groups in total. The van der Waals surface area contributed by atoms with E-state index in [1.54, 1.807) is 12.1 Å². The van der Waals surface area contributed by atoms with Crippen molar-refractivity contribution in [3.8, 4) is 5.75 Å². The normalized spacial score (nSPS) is 18.0. The van der Waals surface area contributed by atoms with Gasteiger partial charge in [0.05, 0.1) is 12.6 Å². The van der Waals surface area contributed by atoms with Crippen LogP contribution in [-0.4, -0.2) is 48.3 Å². The predicted octanol–water partition coefficient (Wildman–Crippen LogP) is 2.44. The van der Waals surface area contributed by atoms with Gasteiger partial charge in [-0.15, -0.1) is 24.0 Å². The SMILES string of the molecule is CCNC(=NCc1cccc(OC(F)F)c1)N1CC[C@@H](O)C1.I. The lowest BCUT2D eigenvalue weighted by Crippen LogP contribution is -2.40. The zero-order chi connectivity index (χ0) is 15.9. The summed E-state index contributed by atoms with van der Waals surface area (Å²) in [5.74, 6) is 0.850. The highest BCUT2D eigenvalue weighted by Gasteiger charge is 2.22. The van der Waals surface area contributed by atoms with Crippen molar-refractivity contribution in [2.45, 2.75) is 32.6 Å². The number of β-amino-alcohol motifs (C(OH)–C–C–N with tert-alkyl or cyclic N) is 1. The minimum atomic E-state index is -2.83. The molecule has 0 unspecified atom stereocenters. The largest absolute Gasteiger partial charge is 0.435 e. The van der Waals surface area contributed by atoms with Crippen LogP contribution in [-0.2, 0) is 6.54 Å². The van der Waals surface area contributed by atoms with Crippen molar-refractivity contribution >= 4 is 29.9 Å². The molecule has 8 heteroatoms. The summed E-state index contributed by atoms with van der Waals surface area (Å²) in [6.45, 7) is 1.53. The van der Waals surface area contributed by atoms with Gasteiger partial charge >= 0.3 is 6.61 Å². The molecule has 0 saturated carbocycles. The number of hydrogen-bond donors (Lipinski definition) is 2. The van der Waals surface area contributed by atoms with Gasteiger partial charge in [-0.2, -0.15) is 8.78 Å². The van der Waals surface area contributed by atoms with Crippen LogP contribution in [0.25, 0.3) is 0 Å². The number of aliphatic hydroxyl groups is 1. The van der Waals surface area contributed by atoms with Crippen molar-refractivity contribution in [2.24, 2.45) is 4.99 Å². The molecule has 1 fully saturated rings. The Balaban J connectivity index is 0.00000264. The van der Waals surface area contributed by atoms with Crippen LogP contribution < -0.4 is 10.1 Å². The van der Waals surface area contributed by atoms with E-state index in [-0.39, 0.29) is 35.8 Å². The standard InChI is InChI=1S/C15H21F2N3O2.HI/c1-2-18-15(20-7-6-12(21)10-20)19-9-11-4-3-5-13(8-11)22-14(16)17;/h3-5,8,12,14,21H,2,6-7,9-10H2,1H3,(H,18,19);1H/t12-;/m1./s1. The number of aliphatic hydroxyl groups excluding tert-OH is 1. The average Bonchev–Trinajstić information content (AvgIpc) is 2.89. The van der Waals surface area contributed by atoms with E-state index in [0.29, 0.717) is 13.1 Å². The van der Waals surface area contributed by atoms with Gasteiger partial charge in [0.2, 0.25) is 0 Å². The van der Waals surface area contributed by atoms with E-state index in [4.69, 9.17) is 0 Å². The van der Waals surface area contributed by atoms with Gasteiger partial charge in [0.15, 0.2) is 5.96 Å². The zero-order valence-electron chi connectivity index (χ0n) is 12.9. The third-order valence-corrected chi connectivity index (χ3v) is 3.33. The summed E-state index contributed by atoms with van der Waals surface area (Å²) in [5, 5.41) is 12.8. The van der Waals surface area contributed by atoms with Gasteiger partial charge in [-0.3, -0.25) is 0 Å². The van der Waals surface area contributed by atoms with E-state index in [1.807, 2.05) is 17.9 Å². The minimum absolute atomic E-state index is 0. The molecule has 1 atom stereocenters. The molecule has 1 heterocycles. The van der Waals surface area contributed by atoms with Crippen molar-refractivity contribution < 1.29 is 18.6 Å². The van der Waals surface area contributed by atoms with E-state index >= 15 is 0 Å². The predicted molar refractivity (Wildman–Crippen MR) is 95.5 cm³/mol. The Morgan fingerprint density at radius 3 is 2.91 bits per heavy atom. The quantitative estimate of drug-likeness (QED) is 0.419. The van der Waals surface area contributed by atoms with Crippen LogP contribution in [0, 0.1) is 0 Å². The summed E-state index contributed by atoms with van der Waals surface area (Å²) in [7, 11) is 0. The van der Waals surface area contributed by atoms with Crippen molar-refractivity contribution in [3.63, 3.8) is 0 Å². The highest BCUT2D eigenvalue weighted by molar-refractivity contribution is 14.0. The van der Waals surface area contributed by atoms with Gasteiger partial charge in [0, 0.05) is 19.6 Å². The molecule has 2 rings (SSSR count). The first-order valence-corrected chi connectivity index (χ1v) is 7.33. The molecule has 0 bridgehead atoms. The number of aliphatic imine (C=N–C) groups is 1.